The Kier molecular flexibility index (Phi) is 8.74. The summed E-state index contributed by atoms with van der Waals surface area (Å²) < 4.78 is 10.8. The number of ether oxygens (including phenoxy) is 1. The molecule has 1 saturated heterocycles. The first-order chi connectivity index (χ1) is 17.9. The van der Waals surface area contributed by atoms with E-state index in [4.69, 9.17) is 9.15 Å². The summed E-state index contributed by atoms with van der Waals surface area (Å²) in [7, 11) is 0. The molecular formula is C29H33N3O5. The lowest BCUT2D eigenvalue weighted by atomic mass is 10.0. The minimum atomic E-state index is -0.944. The van der Waals surface area contributed by atoms with Gasteiger partial charge in [0.1, 0.15) is 6.04 Å². The molecule has 2 aromatic carbocycles. The van der Waals surface area contributed by atoms with Crippen LogP contribution in [0.1, 0.15) is 60.3 Å². The van der Waals surface area contributed by atoms with E-state index in [0.717, 1.165) is 18.4 Å². The van der Waals surface area contributed by atoms with Gasteiger partial charge in [-0.05, 0) is 54.2 Å². The van der Waals surface area contributed by atoms with Crippen LogP contribution in [0.4, 0.5) is 5.69 Å². The maximum atomic E-state index is 13.7. The number of hydrogen-bond donors (Lipinski definition) is 2. The summed E-state index contributed by atoms with van der Waals surface area (Å²) in [5.74, 6) is -0.841. The highest BCUT2D eigenvalue weighted by Gasteiger charge is 2.33. The van der Waals surface area contributed by atoms with Crippen LogP contribution < -0.4 is 15.5 Å². The zero-order chi connectivity index (χ0) is 26.2. The van der Waals surface area contributed by atoms with E-state index in [1.807, 2.05) is 54.6 Å². The Morgan fingerprint density at radius 2 is 1.70 bits per heavy atom. The van der Waals surface area contributed by atoms with E-state index in [9.17, 15) is 14.4 Å². The van der Waals surface area contributed by atoms with Gasteiger partial charge in [0.2, 0.25) is 11.8 Å². The summed E-state index contributed by atoms with van der Waals surface area (Å²) >= 11 is 0. The molecule has 3 amide bonds. The minimum absolute atomic E-state index is 0.0394. The van der Waals surface area contributed by atoms with E-state index in [1.54, 1.807) is 6.07 Å². The molecule has 0 saturated carbocycles. The van der Waals surface area contributed by atoms with Gasteiger partial charge >= 0.3 is 0 Å². The molecule has 2 atom stereocenters. The van der Waals surface area contributed by atoms with E-state index in [2.05, 4.69) is 24.5 Å². The maximum absolute atomic E-state index is 13.7. The van der Waals surface area contributed by atoms with Gasteiger partial charge in [0.15, 0.2) is 5.76 Å². The lowest BCUT2D eigenvalue weighted by molar-refractivity contribution is -0.126. The predicted molar refractivity (Wildman–Crippen MR) is 140 cm³/mol. The van der Waals surface area contributed by atoms with Crippen molar-refractivity contribution in [2.24, 2.45) is 0 Å². The number of nitrogens with zero attached hydrogens (tertiary/aromatic N) is 1. The Morgan fingerprint density at radius 1 is 0.946 bits per heavy atom. The van der Waals surface area contributed by atoms with Gasteiger partial charge in [-0.15, -0.1) is 0 Å². The molecule has 0 aliphatic carbocycles. The summed E-state index contributed by atoms with van der Waals surface area (Å²) in [6, 6.07) is 18.9. The van der Waals surface area contributed by atoms with Gasteiger partial charge < -0.3 is 19.8 Å². The highest BCUT2D eigenvalue weighted by Crippen LogP contribution is 2.29. The first-order valence-corrected chi connectivity index (χ1v) is 12.6. The van der Waals surface area contributed by atoms with Crippen molar-refractivity contribution in [3.05, 3.63) is 89.9 Å². The lowest BCUT2D eigenvalue weighted by Gasteiger charge is -2.32. The van der Waals surface area contributed by atoms with E-state index in [0.29, 0.717) is 30.3 Å². The van der Waals surface area contributed by atoms with Crippen LogP contribution in [0.3, 0.4) is 0 Å². The predicted octanol–water partition coefficient (Wildman–Crippen LogP) is 4.20. The van der Waals surface area contributed by atoms with E-state index >= 15 is 0 Å². The zero-order valence-corrected chi connectivity index (χ0v) is 21.2. The normalized spacial score (nSPS) is 15.8. The fourth-order valence-electron chi connectivity index (χ4n) is 4.36. The molecule has 1 fully saturated rings. The Bertz CT molecular complexity index is 1170. The van der Waals surface area contributed by atoms with Gasteiger partial charge in [-0.3, -0.25) is 19.3 Å². The number of anilines is 1. The zero-order valence-electron chi connectivity index (χ0n) is 21.2. The monoisotopic (exact) mass is 503 g/mol. The van der Waals surface area contributed by atoms with Gasteiger partial charge in [0.05, 0.1) is 18.9 Å². The van der Waals surface area contributed by atoms with Crippen LogP contribution in [0.2, 0.25) is 0 Å². The van der Waals surface area contributed by atoms with Crippen LogP contribution in [0, 0.1) is 0 Å². The van der Waals surface area contributed by atoms with E-state index in [1.165, 1.54) is 17.2 Å². The number of furan rings is 1. The molecule has 0 bridgehead atoms. The molecule has 1 aromatic heterocycles. The summed E-state index contributed by atoms with van der Waals surface area (Å²) in [5, 5.41) is 5.60. The smallest absolute Gasteiger partial charge is 0.287 e. The standard InChI is InChI=1S/C29H33N3O5/c1-20(2)21-12-14-23(15-13-21)32(26(33)19-31-28(34)25-11-7-17-37-25)27(22-8-4-3-5-9-22)29(35)30-18-24-10-6-16-36-24/h3-5,7-9,11-15,17,20,24,27H,6,10,16,18-19H2,1-2H3,(H,30,35)(H,31,34)/t24-,27+/m0/s1. The maximum Gasteiger partial charge on any atom is 0.287 e. The van der Waals surface area contributed by atoms with Crippen molar-refractivity contribution in [2.75, 3.05) is 24.6 Å². The fraction of sp³-hybridized carbons (Fsp3) is 0.345. The minimum Gasteiger partial charge on any atom is -0.459 e. The van der Waals surface area contributed by atoms with Crippen molar-refractivity contribution in [2.45, 2.75) is 44.8 Å². The third-order valence-electron chi connectivity index (χ3n) is 6.40. The number of carbonyl (C=O) groups excluding carboxylic acids is 3. The van der Waals surface area contributed by atoms with Crippen LogP contribution in [-0.2, 0) is 14.3 Å². The topological polar surface area (TPSA) is 101 Å². The first-order valence-electron chi connectivity index (χ1n) is 12.6. The largest absolute Gasteiger partial charge is 0.459 e. The molecule has 8 heteroatoms. The van der Waals surface area contributed by atoms with Gasteiger partial charge in [0, 0.05) is 18.8 Å². The number of benzene rings is 2. The molecule has 8 nitrogen and oxygen atoms in total. The molecule has 3 aromatic rings. The van der Waals surface area contributed by atoms with Crippen molar-refractivity contribution in [3.8, 4) is 0 Å². The molecule has 194 valence electrons. The van der Waals surface area contributed by atoms with Gasteiger partial charge in [-0.25, -0.2) is 0 Å². The van der Waals surface area contributed by atoms with Crippen LogP contribution >= 0.6 is 0 Å². The third-order valence-corrected chi connectivity index (χ3v) is 6.40. The highest BCUT2D eigenvalue weighted by atomic mass is 16.5. The molecular weight excluding hydrogens is 470 g/mol. The number of nitrogens with one attached hydrogen (secondary N) is 2. The second-order valence-electron chi connectivity index (χ2n) is 9.36. The Balaban J connectivity index is 1.64. The number of carbonyl (C=O) groups is 3. The average Bonchev–Trinajstić information content (AvgIpc) is 3.64. The molecule has 1 aliphatic rings. The summed E-state index contributed by atoms with van der Waals surface area (Å²) in [5.41, 5.74) is 2.33. The highest BCUT2D eigenvalue weighted by molar-refractivity contribution is 6.04. The molecule has 4 rings (SSSR count). The SMILES string of the molecule is CC(C)c1ccc(N(C(=O)CNC(=O)c2ccco2)[C@@H](C(=O)NC[C@@H]2CCCO2)c2ccccc2)cc1. The second kappa shape index (κ2) is 12.4. The van der Waals surface area contributed by atoms with Gasteiger partial charge in [0.25, 0.3) is 5.91 Å². The van der Waals surface area contributed by atoms with Crippen LogP contribution in [-0.4, -0.2) is 43.5 Å². The number of hydrogen-bond acceptors (Lipinski definition) is 5. The van der Waals surface area contributed by atoms with Gasteiger partial charge in [-0.2, -0.15) is 0 Å². The fourth-order valence-corrected chi connectivity index (χ4v) is 4.36. The summed E-state index contributed by atoms with van der Waals surface area (Å²) in [4.78, 5) is 41.2. The molecule has 0 radical (unpaired) electrons. The summed E-state index contributed by atoms with van der Waals surface area (Å²) in [6.45, 7) is 4.92. The molecule has 2 heterocycles. The van der Waals surface area contributed by atoms with Crippen LogP contribution in [0.5, 0.6) is 0 Å². The average molecular weight is 504 g/mol. The molecule has 37 heavy (non-hydrogen) atoms. The Morgan fingerprint density at radius 3 is 2.32 bits per heavy atom. The quantitative estimate of drug-likeness (QED) is 0.432. The van der Waals surface area contributed by atoms with Crippen LogP contribution in [0.25, 0.3) is 0 Å². The van der Waals surface area contributed by atoms with Crippen molar-refractivity contribution >= 4 is 23.4 Å². The molecule has 2 N–H and O–H groups in total. The van der Waals surface area contributed by atoms with Crippen molar-refractivity contribution in [1.29, 1.82) is 0 Å². The van der Waals surface area contributed by atoms with Crippen molar-refractivity contribution < 1.29 is 23.5 Å². The van der Waals surface area contributed by atoms with E-state index < -0.39 is 17.9 Å². The third kappa shape index (κ3) is 6.65. The molecule has 0 unspecified atom stereocenters. The molecule has 1 aliphatic heterocycles. The Hall–Kier alpha value is -3.91. The van der Waals surface area contributed by atoms with Crippen molar-refractivity contribution in [1.82, 2.24) is 10.6 Å². The van der Waals surface area contributed by atoms with E-state index in [-0.39, 0.29) is 24.3 Å². The second-order valence-corrected chi connectivity index (χ2v) is 9.36. The van der Waals surface area contributed by atoms with Crippen LogP contribution in [0.15, 0.2) is 77.4 Å². The first kappa shape index (κ1) is 26.2. The number of amides is 3. The lowest BCUT2D eigenvalue weighted by Crippen LogP contribution is -2.48. The van der Waals surface area contributed by atoms with Crippen molar-refractivity contribution in [3.63, 3.8) is 0 Å². The van der Waals surface area contributed by atoms with Gasteiger partial charge in [-0.1, -0.05) is 56.3 Å². The molecule has 0 spiro atoms. The summed E-state index contributed by atoms with van der Waals surface area (Å²) in [6.07, 6.45) is 3.20. The Labute approximate surface area is 217 Å². The number of rotatable bonds is 10.